The van der Waals surface area contributed by atoms with Crippen molar-refractivity contribution in [1.82, 2.24) is 0 Å². The van der Waals surface area contributed by atoms with Crippen molar-refractivity contribution in [2.24, 2.45) is 0 Å². The van der Waals surface area contributed by atoms with Crippen LogP contribution >= 0.6 is 0 Å². The van der Waals surface area contributed by atoms with Crippen LogP contribution in [0.5, 0.6) is 11.5 Å². The van der Waals surface area contributed by atoms with Gasteiger partial charge in [-0.15, -0.1) is 13.2 Å². The highest BCUT2D eigenvalue weighted by Crippen LogP contribution is 2.23. The largest absolute Gasteiger partial charge is 0.573 e. The number of halogens is 3. The first-order valence-corrected chi connectivity index (χ1v) is 10.3. The third kappa shape index (κ3) is 8.43. The maximum Gasteiger partial charge on any atom is 0.573 e. The zero-order valence-corrected chi connectivity index (χ0v) is 18.2. The smallest absolute Gasteiger partial charge is 0.462 e. The summed E-state index contributed by atoms with van der Waals surface area (Å²) in [5.41, 5.74) is 14.1. The second-order valence-corrected chi connectivity index (χ2v) is 7.29. The Morgan fingerprint density at radius 2 is 1.46 bits per heavy atom. The minimum atomic E-state index is -4.82. The summed E-state index contributed by atoms with van der Waals surface area (Å²) in [6, 6.07) is 15.7. The average molecular weight is 486 g/mol. The molecule has 3 aromatic rings. The van der Waals surface area contributed by atoms with E-state index in [1.807, 2.05) is 0 Å². The second kappa shape index (κ2) is 11.1. The molecule has 0 aliphatic heterocycles. The summed E-state index contributed by atoms with van der Waals surface area (Å²) < 4.78 is 50.7. The monoisotopic (exact) mass is 486 g/mol. The van der Waals surface area contributed by atoms with Crippen LogP contribution in [0.15, 0.2) is 72.8 Å². The average Bonchev–Trinajstić information content (AvgIpc) is 2.77. The molecule has 10 heteroatoms. The molecule has 0 aliphatic rings. The number of esters is 2. The van der Waals surface area contributed by atoms with Crippen molar-refractivity contribution < 1.29 is 37.0 Å². The summed E-state index contributed by atoms with van der Waals surface area (Å²) in [5.74, 6) is -1.52. The molecule has 4 N–H and O–H groups in total. The molecule has 0 amide bonds. The third-order valence-electron chi connectivity index (χ3n) is 4.50. The van der Waals surface area contributed by atoms with Gasteiger partial charge in [-0.2, -0.15) is 0 Å². The van der Waals surface area contributed by atoms with Gasteiger partial charge in [0.25, 0.3) is 0 Å². The molecule has 3 rings (SSSR count). The van der Waals surface area contributed by atoms with E-state index in [1.165, 1.54) is 24.3 Å². The van der Waals surface area contributed by atoms with Crippen LogP contribution in [0.3, 0.4) is 0 Å². The molecule has 7 nitrogen and oxygen atoms in total. The molecule has 0 radical (unpaired) electrons. The zero-order chi connectivity index (χ0) is 25.4. The van der Waals surface area contributed by atoms with Gasteiger partial charge in [0, 0.05) is 23.9 Å². The molecular formula is C25H21F3N2O5. The number of ether oxygens (including phenoxy) is 3. The van der Waals surface area contributed by atoms with Crippen molar-refractivity contribution in [3.63, 3.8) is 0 Å². The molecule has 35 heavy (non-hydrogen) atoms. The lowest BCUT2D eigenvalue weighted by Crippen LogP contribution is -2.17. The zero-order valence-electron chi connectivity index (χ0n) is 18.2. The Balaban J connectivity index is 1.47. The minimum absolute atomic E-state index is 0.0483. The highest BCUT2D eigenvalue weighted by Gasteiger charge is 2.31. The lowest BCUT2D eigenvalue weighted by molar-refractivity contribution is -0.274. The first-order chi connectivity index (χ1) is 16.6. The standard InChI is InChI=1S/C25H21F3N2O5/c26-25(27,28)35-22-8-4-18(5-9-22)24(32)34-21-6-1-16(2-7-21)3-10-23(31)33-12-11-17-13-19(29)15-20(30)14-17/h1-10,13-15H,11-12,29-30H2/b10-3+. The highest BCUT2D eigenvalue weighted by molar-refractivity contribution is 5.91. The van der Waals surface area contributed by atoms with E-state index >= 15 is 0 Å². The number of rotatable bonds is 8. The number of hydrogen-bond acceptors (Lipinski definition) is 7. The van der Waals surface area contributed by atoms with E-state index in [9.17, 15) is 22.8 Å². The van der Waals surface area contributed by atoms with Gasteiger partial charge in [-0.1, -0.05) is 12.1 Å². The fourth-order valence-corrected chi connectivity index (χ4v) is 2.98. The van der Waals surface area contributed by atoms with E-state index in [0.717, 1.165) is 29.8 Å². The maximum absolute atomic E-state index is 12.2. The normalized spacial score (nSPS) is 11.3. The molecule has 0 saturated heterocycles. The fraction of sp³-hybridized carbons (Fsp3) is 0.120. The molecule has 0 saturated carbocycles. The summed E-state index contributed by atoms with van der Waals surface area (Å²) in [5, 5.41) is 0. The van der Waals surface area contributed by atoms with Gasteiger partial charge >= 0.3 is 18.3 Å². The summed E-state index contributed by atoms with van der Waals surface area (Å²) in [6.07, 6.45) is -1.56. The predicted molar refractivity (Wildman–Crippen MR) is 123 cm³/mol. The van der Waals surface area contributed by atoms with E-state index < -0.39 is 24.1 Å². The van der Waals surface area contributed by atoms with E-state index in [-0.39, 0.29) is 17.9 Å². The van der Waals surface area contributed by atoms with Crippen molar-refractivity contribution in [3.05, 3.63) is 89.5 Å². The van der Waals surface area contributed by atoms with Crippen LogP contribution in [0.25, 0.3) is 6.08 Å². The Hall–Kier alpha value is -4.47. The van der Waals surface area contributed by atoms with Crippen LogP contribution in [0, 0.1) is 0 Å². The van der Waals surface area contributed by atoms with Crippen LogP contribution in [-0.2, 0) is 16.0 Å². The fourth-order valence-electron chi connectivity index (χ4n) is 2.98. The number of carbonyl (C=O) groups excluding carboxylic acids is 2. The molecule has 0 bridgehead atoms. The molecule has 3 aromatic carbocycles. The van der Waals surface area contributed by atoms with Crippen LogP contribution in [0.1, 0.15) is 21.5 Å². The molecular weight excluding hydrogens is 465 g/mol. The Morgan fingerprint density at radius 3 is 2.06 bits per heavy atom. The van der Waals surface area contributed by atoms with Crippen LogP contribution < -0.4 is 20.9 Å². The van der Waals surface area contributed by atoms with Gasteiger partial charge in [0.15, 0.2) is 0 Å². The molecule has 0 atom stereocenters. The van der Waals surface area contributed by atoms with Gasteiger partial charge < -0.3 is 25.7 Å². The van der Waals surface area contributed by atoms with Gasteiger partial charge in [0.05, 0.1) is 12.2 Å². The molecule has 0 aliphatic carbocycles. The number of nitrogens with two attached hydrogens (primary N) is 2. The van der Waals surface area contributed by atoms with Crippen molar-refractivity contribution in [3.8, 4) is 11.5 Å². The Labute approximate surface area is 198 Å². The third-order valence-corrected chi connectivity index (χ3v) is 4.50. The van der Waals surface area contributed by atoms with E-state index in [1.54, 1.807) is 30.3 Å². The SMILES string of the molecule is Nc1cc(N)cc(CCOC(=O)/C=C/c2ccc(OC(=O)c3ccc(OC(F)(F)F)cc3)cc2)c1. The summed E-state index contributed by atoms with van der Waals surface area (Å²) in [4.78, 5) is 24.1. The van der Waals surface area contributed by atoms with Gasteiger partial charge in [-0.3, -0.25) is 0 Å². The van der Waals surface area contributed by atoms with E-state index in [4.69, 9.17) is 20.9 Å². The molecule has 0 heterocycles. The van der Waals surface area contributed by atoms with Gasteiger partial charge in [-0.25, -0.2) is 9.59 Å². The second-order valence-electron chi connectivity index (χ2n) is 7.29. The predicted octanol–water partition coefficient (Wildman–Crippen LogP) is 4.77. The molecule has 0 aromatic heterocycles. The lowest BCUT2D eigenvalue weighted by Gasteiger charge is -2.09. The van der Waals surface area contributed by atoms with Crippen LogP contribution in [0.4, 0.5) is 24.5 Å². The van der Waals surface area contributed by atoms with Crippen molar-refractivity contribution >= 4 is 29.4 Å². The van der Waals surface area contributed by atoms with Crippen LogP contribution in [0.2, 0.25) is 0 Å². The Kier molecular flexibility index (Phi) is 7.98. The number of alkyl halides is 3. The molecule has 0 unspecified atom stereocenters. The first-order valence-electron chi connectivity index (χ1n) is 10.3. The van der Waals surface area contributed by atoms with Crippen molar-refractivity contribution in [2.75, 3.05) is 18.1 Å². The van der Waals surface area contributed by atoms with Crippen LogP contribution in [-0.4, -0.2) is 24.9 Å². The lowest BCUT2D eigenvalue weighted by atomic mass is 10.1. The molecule has 182 valence electrons. The quantitative estimate of drug-likeness (QED) is 0.204. The van der Waals surface area contributed by atoms with E-state index in [2.05, 4.69) is 4.74 Å². The van der Waals surface area contributed by atoms with Gasteiger partial charge in [-0.05, 0) is 71.8 Å². The number of benzene rings is 3. The summed E-state index contributed by atoms with van der Waals surface area (Å²) in [6.45, 7) is 0.157. The molecule has 0 fully saturated rings. The first kappa shape index (κ1) is 25.2. The van der Waals surface area contributed by atoms with Crippen molar-refractivity contribution in [2.45, 2.75) is 12.8 Å². The number of carbonyl (C=O) groups is 2. The van der Waals surface area contributed by atoms with Crippen molar-refractivity contribution in [1.29, 1.82) is 0 Å². The summed E-state index contributed by atoms with van der Waals surface area (Å²) in [7, 11) is 0. The topological polar surface area (TPSA) is 114 Å². The van der Waals surface area contributed by atoms with Gasteiger partial charge in [0.1, 0.15) is 11.5 Å². The minimum Gasteiger partial charge on any atom is -0.462 e. The Bertz CT molecular complexity index is 1190. The highest BCUT2D eigenvalue weighted by atomic mass is 19.4. The van der Waals surface area contributed by atoms with E-state index in [0.29, 0.717) is 23.4 Å². The number of nitrogen functional groups attached to an aromatic ring is 2. The molecule has 0 spiro atoms. The number of anilines is 2. The number of hydrogen-bond donors (Lipinski definition) is 2. The summed E-state index contributed by atoms with van der Waals surface area (Å²) >= 11 is 0. The van der Waals surface area contributed by atoms with Gasteiger partial charge in [0.2, 0.25) is 0 Å². The Morgan fingerprint density at radius 1 is 0.857 bits per heavy atom. The maximum atomic E-state index is 12.2.